The van der Waals surface area contributed by atoms with Crippen molar-refractivity contribution in [2.75, 3.05) is 0 Å². The lowest BCUT2D eigenvalue weighted by molar-refractivity contribution is 1.26. The van der Waals surface area contributed by atoms with Crippen molar-refractivity contribution in [3.63, 3.8) is 0 Å². The molecule has 6 N–H and O–H groups in total. The quantitative estimate of drug-likeness (QED) is 0.366. The van der Waals surface area contributed by atoms with E-state index in [0.29, 0.717) is 0 Å². The van der Waals surface area contributed by atoms with Gasteiger partial charge in [-0.05, 0) is 36.7 Å². The van der Waals surface area contributed by atoms with E-state index in [0.717, 1.165) is 0 Å². The Labute approximate surface area is 74.3 Å². The summed E-state index contributed by atoms with van der Waals surface area (Å²) in [5.41, 5.74) is 10.2. The molecule has 0 rings (SSSR count). The second-order valence-corrected chi connectivity index (χ2v) is 2.60. The standard InChI is InChI=1S/C3H6N4S3/c4-1(8)6-3(10)7-2(5)9/h(H6,4,5,6,7,8,9,10). The first kappa shape index (κ1) is 9.47. The van der Waals surface area contributed by atoms with Crippen LogP contribution in [0.15, 0.2) is 0 Å². The monoisotopic (exact) mass is 194 g/mol. The molecule has 0 atom stereocenters. The van der Waals surface area contributed by atoms with Gasteiger partial charge < -0.3 is 22.1 Å². The average molecular weight is 194 g/mol. The van der Waals surface area contributed by atoms with Gasteiger partial charge in [0.25, 0.3) is 0 Å². The van der Waals surface area contributed by atoms with Crippen molar-refractivity contribution in [3.8, 4) is 0 Å². The molecule has 0 bridgehead atoms. The Kier molecular flexibility index (Phi) is 4.08. The summed E-state index contributed by atoms with van der Waals surface area (Å²) in [6, 6.07) is 0. The van der Waals surface area contributed by atoms with Crippen LogP contribution in [0.2, 0.25) is 0 Å². The van der Waals surface area contributed by atoms with Crippen LogP contribution in [0.1, 0.15) is 0 Å². The van der Waals surface area contributed by atoms with Gasteiger partial charge in [0, 0.05) is 0 Å². The molecule has 0 aliphatic rings. The van der Waals surface area contributed by atoms with Crippen LogP contribution in [0.25, 0.3) is 0 Å². The molecular weight excluding hydrogens is 188 g/mol. The summed E-state index contributed by atoms with van der Waals surface area (Å²) in [6.45, 7) is 0. The summed E-state index contributed by atoms with van der Waals surface area (Å²) in [6.07, 6.45) is 0. The third-order valence-corrected chi connectivity index (χ3v) is 0.882. The molecular formula is C3H6N4S3. The zero-order chi connectivity index (χ0) is 8.15. The fourth-order valence-electron chi connectivity index (χ4n) is 0.255. The predicted molar refractivity (Wildman–Crippen MR) is 52.4 cm³/mol. The van der Waals surface area contributed by atoms with Crippen LogP contribution in [0.5, 0.6) is 0 Å². The Morgan fingerprint density at radius 3 is 1.40 bits per heavy atom. The van der Waals surface area contributed by atoms with Gasteiger partial charge in [-0.1, -0.05) is 0 Å². The van der Waals surface area contributed by atoms with Crippen LogP contribution >= 0.6 is 36.7 Å². The van der Waals surface area contributed by atoms with Crippen LogP contribution in [0.3, 0.4) is 0 Å². The minimum absolute atomic E-state index is 0.0775. The molecule has 0 fully saturated rings. The van der Waals surface area contributed by atoms with Crippen molar-refractivity contribution in [2.24, 2.45) is 11.5 Å². The zero-order valence-electron chi connectivity index (χ0n) is 4.88. The van der Waals surface area contributed by atoms with Gasteiger partial charge >= 0.3 is 0 Å². The van der Waals surface area contributed by atoms with E-state index in [4.69, 9.17) is 11.5 Å². The molecule has 56 valence electrons. The van der Waals surface area contributed by atoms with E-state index in [1.165, 1.54) is 0 Å². The van der Waals surface area contributed by atoms with Crippen molar-refractivity contribution >= 4 is 52.0 Å². The smallest absolute Gasteiger partial charge is 0.178 e. The van der Waals surface area contributed by atoms with Crippen LogP contribution in [-0.2, 0) is 0 Å². The van der Waals surface area contributed by atoms with Gasteiger partial charge in [0.2, 0.25) is 0 Å². The van der Waals surface area contributed by atoms with Crippen molar-refractivity contribution in [2.45, 2.75) is 0 Å². The molecule has 0 radical (unpaired) electrons. The Hall–Kier alpha value is -0.530. The van der Waals surface area contributed by atoms with E-state index in [9.17, 15) is 0 Å². The van der Waals surface area contributed by atoms with E-state index < -0.39 is 0 Å². The molecule has 0 aromatic rings. The van der Waals surface area contributed by atoms with E-state index in [1.807, 2.05) is 0 Å². The summed E-state index contributed by atoms with van der Waals surface area (Å²) < 4.78 is 0. The third-order valence-electron chi connectivity index (χ3n) is 0.473. The number of thiocarbonyl (C=S) groups is 3. The van der Waals surface area contributed by atoms with Gasteiger partial charge in [-0.25, -0.2) is 0 Å². The first-order valence-corrected chi connectivity index (χ1v) is 3.41. The van der Waals surface area contributed by atoms with Crippen molar-refractivity contribution in [3.05, 3.63) is 0 Å². The molecule has 10 heavy (non-hydrogen) atoms. The fraction of sp³-hybridized carbons (Fsp3) is 0. The number of nitrogens with two attached hydrogens (primary N) is 2. The van der Waals surface area contributed by atoms with E-state index in [2.05, 4.69) is 47.3 Å². The Morgan fingerprint density at radius 1 is 0.900 bits per heavy atom. The molecule has 0 aliphatic heterocycles. The van der Waals surface area contributed by atoms with Crippen LogP contribution in [0, 0.1) is 0 Å². The summed E-state index contributed by atoms with van der Waals surface area (Å²) >= 11 is 13.6. The minimum atomic E-state index is 0.0775. The molecule has 0 aromatic carbocycles. The molecule has 0 aliphatic carbocycles. The molecule has 7 heteroatoms. The van der Waals surface area contributed by atoms with Crippen molar-refractivity contribution in [1.29, 1.82) is 0 Å². The van der Waals surface area contributed by atoms with E-state index >= 15 is 0 Å². The molecule has 0 unspecified atom stereocenters. The lowest BCUT2D eigenvalue weighted by Gasteiger charge is -2.05. The second kappa shape index (κ2) is 4.31. The second-order valence-electron chi connectivity index (χ2n) is 1.31. The van der Waals surface area contributed by atoms with Crippen molar-refractivity contribution < 1.29 is 0 Å². The van der Waals surface area contributed by atoms with Crippen LogP contribution in [-0.4, -0.2) is 15.3 Å². The third kappa shape index (κ3) is 5.60. The van der Waals surface area contributed by atoms with E-state index in [1.54, 1.807) is 0 Å². The lowest BCUT2D eigenvalue weighted by atomic mass is 10.9. The molecule has 0 heterocycles. The number of nitrogens with one attached hydrogen (secondary N) is 2. The number of hydrogen-bond acceptors (Lipinski definition) is 3. The molecule has 0 saturated heterocycles. The summed E-state index contributed by atoms with van der Waals surface area (Å²) in [5, 5.41) is 5.24. The highest BCUT2D eigenvalue weighted by Gasteiger charge is 1.94. The molecule has 4 nitrogen and oxygen atoms in total. The summed E-state index contributed by atoms with van der Waals surface area (Å²) in [7, 11) is 0. The van der Waals surface area contributed by atoms with Gasteiger partial charge in [-0.3, -0.25) is 0 Å². The lowest BCUT2D eigenvalue weighted by Crippen LogP contribution is -2.46. The minimum Gasteiger partial charge on any atom is -0.376 e. The van der Waals surface area contributed by atoms with E-state index in [-0.39, 0.29) is 15.3 Å². The largest absolute Gasteiger partial charge is 0.376 e. The summed E-state index contributed by atoms with van der Waals surface area (Å²) in [4.78, 5) is 0. The Morgan fingerprint density at radius 2 is 1.20 bits per heavy atom. The van der Waals surface area contributed by atoms with Crippen molar-refractivity contribution in [1.82, 2.24) is 10.6 Å². The maximum Gasteiger partial charge on any atom is 0.178 e. The van der Waals surface area contributed by atoms with Gasteiger partial charge in [0.05, 0.1) is 0 Å². The van der Waals surface area contributed by atoms with Gasteiger partial charge in [-0.2, -0.15) is 0 Å². The highest BCUT2D eigenvalue weighted by molar-refractivity contribution is 7.82. The zero-order valence-corrected chi connectivity index (χ0v) is 7.33. The molecule has 0 aromatic heterocycles. The summed E-state index contributed by atoms with van der Waals surface area (Å²) in [5.74, 6) is 0. The topological polar surface area (TPSA) is 76.1 Å². The molecule has 0 saturated carbocycles. The highest BCUT2D eigenvalue weighted by atomic mass is 32.1. The first-order chi connectivity index (χ1) is 4.52. The van der Waals surface area contributed by atoms with Gasteiger partial charge in [-0.15, -0.1) is 0 Å². The molecule has 0 spiro atoms. The first-order valence-electron chi connectivity index (χ1n) is 2.19. The SMILES string of the molecule is NC(=S)NC(=S)NC(N)=S. The number of hydrogen-bond donors (Lipinski definition) is 4. The fourth-order valence-corrected chi connectivity index (χ4v) is 0.808. The van der Waals surface area contributed by atoms with Gasteiger partial charge in [0.15, 0.2) is 15.3 Å². The maximum absolute atomic E-state index is 5.08. The van der Waals surface area contributed by atoms with Gasteiger partial charge in [0.1, 0.15) is 0 Å². The Bertz CT molecular complexity index is 159. The predicted octanol–water partition coefficient (Wildman–Crippen LogP) is -1.06. The Balaban J connectivity index is 3.65. The maximum atomic E-state index is 5.08. The molecule has 0 amide bonds. The highest BCUT2D eigenvalue weighted by Crippen LogP contribution is 1.65. The average Bonchev–Trinajstić information content (AvgIpc) is 1.58. The van der Waals surface area contributed by atoms with Crippen LogP contribution < -0.4 is 22.1 Å². The van der Waals surface area contributed by atoms with Crippen LogP contribution in [0.4, 0.5) is 0 Å². The normalized spacial score (nSPS) is 8.00. The number of rotatable bonds is 0.